The minimum absolute atomic E-state index is 0.0382. The fourth-order valence-electron chi connectivity index (χ4n) is 2.83. The number of carbonyl (C=O) groups is 1. The van der Waals surface area contributed by atoms with Crippen molar-refractivity contribution in [1.82, 2.24) is 4.90 Å². The van der Waals surface area contributed by atoms with E-state index in [-0.39, 0.29) is 24.1 Å². The van der Waals surface area contributed by atoms with Crippen molar-refractivity contribution in [2.45, 2.75) is 37.5 Å². The lowest BCUT2D eigenvalue weighted by Gasteiger charge is -2.44. The highest BCUT2D eigenvalue weighted by atomic mass is 32.1. The van der Waals surface area contributed by atoms with Crippen molar-refractivity contribution in [1.29, 1.82) is 0 Å². The lowest BCUT2D eigenvalue weighted by molar-refractivity contribution is -0.146. The minimum atomic E-state index is -0.0382. The Morgan fingerprint density at radius 2 is 2.37 bits per heavy atom. The maximum atomic E-state index is 12.3. The first-order chi connectivity index (χ1) is 9.15. The number of hydrogen-bond donors (Lipinski definition) is 1. The molecule has 2 heterocycles. The zero-order valence-electron chi connectivity index (χ0n) is 10.9. The van der Waals surface area contributed by atoms with Crippen LogP contribution in [0.15, 0.2) is 23.3 Å². The molecule has 0 spiro atoms. The molecule has 1 aromatic heterocycles. The summed E-state index contributed by atoms with van der Waals surface area (Å²) in [6.07, 6.45) is 4.66. The van der Waals surface area contributed by atoms with Crippen molar-refractivity contribution in [2.75, 3.05) is 7.05 Å². The molecule has 1 saturated carbocycles. The first-order valence-corrected chi connectivity index (χ1v) is 7.47. The van der Waals surface area contributed by atoms with Crippen molar-refractivity contribution in [3.05, 3.63) is 28.1 Å². The van der Waals surface area contributed by atoms with Gasteiger partial charge in [-0.05, 0) is 30.7 Å². The molecule has 2 N–H and O–H groups in total. The molecule has 3 unspecified atom stereocenters. The van der Waals surface area contributed by atoms with Gasteiger partial charge in [-0.25, -0.2) is 0 Å². The van der Waals surface area contributed by atoms with Crippen LogP contribution in [0.5, 0.6) is 0 Å². The van der Waals surface area contributed by atoms with Gasteiger partial charge in [-0.2, -0.15) is 0 Å². The van der Waals surface area contributed by atoms with Crippen molar-refractivity contribution in [3.63, 3.8) is 0 Å². The van der Waals surface area contributed by atoms with Crippen molar-refractivity contribution in [2.24, 2.45) is 5.73 Å². The number of carbonyl (C=O) groups excluding carboxylic acids is 1. The topological polar surface area (TPSA) is 55.6 Å². The van der Waals surface area contributed by atoms with Gasteiger partial charge in [0.2, 0.25) is 0 Å². The van der Waals surface area contributed by atoms with Gasteiger partial charge in [0.25, 0.3) is 5.91 Å². The quantitative estimate of drug-likeness (QED) is 0.797. The van der Waals surface area contributed by atoms with Crippen LogP contribution >= 0.6 is 11.3 Å². The fourth-order valence-corrected chi connectivity index (χ4v) is 3.48. The van der Waals surface area contributed by atoms with Crippen molar-refractivity contribution in [3.8, 4) is 0 Å². The van der Waals surface area contributed by atoms with E-state index in [1.54, 1.807) is 16.2 Å². The maximum Gasteiger partial charge on any atom is 0.289 e. The second-order valence-electron chi connectivity index (χ2n) is 5.24. The molecule has 5 heteroatoms. The van der Waals surface area contributed by atoms with Gasteiger partial charge in [-0.15, -0.1) is 11.3 Å². The second kappa shape index (κ2) is 4.98. The number of fused-ring (bicyclic) bond motifs is 1. The number of amides is 1. The third-order valence-electron chi connectivity index (χ3n) is 3.92. The number of likely N-dealkylation sites (N-methyl/N-ethyl adjacent to an activating group) is 1. The molecule has 2 fully saturated rings. The van der Waals surface area contributed by atoms with Crippen LogP contribution in [-0.4, -0.2) is 36.0 Å². The smallest absolute Gasteiger partial charge is 0.289 e. The van der Waals surface area contributed by atoms with Gasteiger partial charge in [0.1, 0.15) is 6.10 Å². The molecule has 102 valence electrons. The zero-order valence-corrected chi connectivity index (χ0v) is 11.7. The van der Waals surface area contributed by atoms with Gasteiger partial charge in [0.05, 0.1) is 6.04 Å². The summed E-state index contributed by atoms with van der Waals surface area (Å²) < 4.78 is 5.92. The first-order valence-electron chi connectivity index (χ1n) is 6.60. The molecular formula is C14H18N2O2S. The molecule has 3 rings (SSSR count). The van der Waals surface area contributed by atoms with E-state index in [2.05, 4.69) is 0 Å². The standard InChI is InChI=1S/C14H18N2O2S/c1-16-11-7-9(15)4-5-12(11)18-13(14(16)17)8-10-3-2-6-19-10/h2-3,6,8-9,11-12H,4-5,7,15H2,1H3/b13-8+. The number of hydrogen-bond acceptors (Lipinski definition) is 4. The third kappa shape index (κ3) is 2.40. The highest BCUT2D eigenvalue weighted by Gasteiger charge is 2.41. The average Bonchev–Trinajstić information content (AvgIpc) is 2.89. The summed E-state index contributed by atoms with van der Waals surface area (Å²) in [7, 11) is 1.85. The Morgan fingerprint density at radius 3 is 3.11 bits per heavy atom. The molecule has 1 aromatic rings. The van der Waals surface area contributed by atoms with Gasteiger partial charge in [0, 0.05) is 24.0 Å². The molecule has 0 aromatic carbocycles. The lowest BCUT2D eigenvalue weighted by atomic mass is 9.87. The summed E-state index contributed by atoms with van der Waals surface area (Å²) in [5, 5.41) is 1.99. The van der Waals surface area contributed by atoms with Crippen LogP contribution in [0.25, 0.3) is 6.08 Å². The van der Waals surface area contributed by atoms with Gasteiger partial charge < -0.3 is 15.4 Å². The van der Waals surface area contributed by atoms with Crippen molar-refractivity contribution >= 4 is 23.3 Å². The van der Waals surface area contributed by atoms with E-state index < -0.39 is 0 Å². The third-order valence-corrected chi connectivity index (χ3v) is 4.74. The molecule has 3 atom stereocenters. The van der Waals surface area contributed by atoms with Gasteiger partial charge in [0.15, 0.2) is 5.76 Å². The molecular weight excluding hydrogens is 260 g/mol. The van der Waals surface area contributed by atoms with Gasteiger partial charge >= 0.3 is 0 Å². The number of ether oxygens (including phenoxy) is 1. The highest BCUT2D eigenvalue weighted by Crippen LogP contribution is 2.32. The SMILES string of the molecule is CN1C(=O)/C(=C\c2cccs2)OC2CCC(N)CC21. The monoisotopic (exact) mass is 278 g/mol. The Kier molecular flexibility index (Phi) is 3.33. The molecule has 1 aliphatic heterocycles. The maximum absolute atomic E-state index is 12.3. The number of thiophene rings is 1. The molecule has 19 heavy (non-hydrogen) atoms. The minimum Gasteiger partial charge on any atom is -0.482 e. The predicted octanol–water partition coefficient (Wildman–Crippen LogP) is 1.83. The summed E-state index contributed by atoms with van der Waals surface area (Å²) in [6.45, 7) is 0. The normalized spacial score (nSPS) is 33.2. The Morgan fingerprint density at radius 1 is 1.53 bits per heavy atom. The van der Waals surface area contributed by atoms with Crippen molar-refractivity contribution < 1.29 is 9.53 Å². The molecule has 4 nitrogen and oxygen atoms in total. The van der Waals surface area contributed by atoms with E-state index in [0.29, 0.717) is 5.76 Å². The molecule has 1 saturated heterocycles. The molecule has 2 aliphatic rings. The van der Waals surface area contributed by atoms with Crippen LogP contribution in [-0.2, 0) is 9.53 Å². The summed E-state index contributed by atoms with van der Waals surface area (Å²) in [5.41, 5.74) is 5.99. The Bertz CT molecular complexity index is 498. The number of morpholine rings is 1. The summed E-state index contributed by atoms with van der Waals surface area (Å²) in [5.74, 6) is 0.422. The lowest BCUT2D eigenvalue weighted by Crippen LogP contribution is -2.56. The van der Waals surface area contributed by atoms with E-state index in [0.717, 1.165) is 24.1 Å². The average molecular weight is 278 g/mol. The van der Waals surface area contributed by atoms with E-state index in [9.17, 15) is 4.79 Å². The Hall–Kier alpha value is -1.33. The highest BCUT2D eigenvalue weighted by molar-refractivity contribution is 7.10. The van der Waals surface area contributed by atoms with Crippen LogP contribution in [0.2, 0.25) is 0 Å². The zero-order chi connectivity index (χ0) is 13.4. The van der Waals surface area contributed by atoms with Gasteiger partial charge in [-0.1, -0.05) is 6.07 Å². The van der Waals surface area contributed by atoms with Gasteiger partial charge in [-0.3, -0.25) is 4.79 Å². The van der Waals surface area contributed by atoms with E-state index >= 15 is 0 Å². The Balaban J connectivity index is 1.84. The second-order valence-corrected chi connectivity index (χ2v) is 6.22. The van der Waals surface area contributed by atoms with E-state index in [1.165, 1.54) is 0 Å². The summed E-state index contributed by atoms with van der Waals surface area (Å²) in [4.78, 5) is 15.2. The first kappa shape index (κ1) is 12.7. The van der Waals surface area contributed by atoms with Crippen LogP contribution in [0, 0.1) is 0 Å². The number of rotatable bonds is 1. The van der Waals surface area contributed by atoms with E-state index in [1.807, 2.05) is 30.6 Å². The van der Waals surface area contributed by atoms with Crippen LogP contribution in [0.3, 0.4) is 0 Å². The fraction of sp³-hybridized carbons (Fsp3) is 0.500. The predicted molar refractivity (Wildman–Crippen MR) is 75.6 cm³/mol. The molecule has 1 aliphatic carbocycles. The van der Waals surface area contributed by atoms with Crippen LogP contribution in [0.4, 0.5) is 0 Å². The van der Waals surface area contributed by atoms with E-state index in [4.69, 9.17) is 10.5 Å². The van der Waals surface area contributed by atoms with Crippen LogP contribution < -0.4 is 5.73 Å². The number of nitrogens with two attached hydrogens (primary N) is 1. The summed E-state index contributed by atoms with van der Waals surface area (Å²) in [6, 6.07) is 4.26. The largest absolute Gasteiger partial charge is 0.482 e. The molecule has 1 amide bonds. The molecule has 0 radical (unpaired) electrons. The number of nitrogens with zero attached hydrogens (tertiary/aromatic N) is 1. The summed E-state index contributed by atoms with van der Waals surface area (Å²) >= 11 is 1.60. The Labute approximate surface area is 116 Å². The van der Waals surface area contributed by atoms with Crippen LogP contribution in [0.1, 0.15) is 24.1 Å². The molecule has 0 bridgehead atoms.